The normalized spacial score (nSPS) is 14.4. The van der Waals surface area contributed by atoms with Gasteiger partial charge in [-0.05, 0) is 44.0 Å². The van der Waals surface area contributed by atoms with E-state index in [4.69, 9.17) is 4.74 Å². The summed E-state index contributed by atoms with van der Waals surface area (Å²) < 4.78 is 6.96. The second-order valence-corrected chi connectivity index (χ2v) is 5.75. The average Bonchev–Trinajstić information content (AvgIpc) is 2.03. The molecule has 0 spiro atoms. The summed E-state index contributed by atoms with van der Waals surface area (Å²) in [6.07, 6.45) is 5.19. The van der Waals surface area contributed by atoms with Gasteiger partial charge in [0, 0.05) is 6.61 Å². The fraction of sp³-hybridized carbons (Fsp3) is 1.00. The molecular formula is C12H25IO. The number of ether oxygens (including phenoxy) is 1. The Balaban J connectivity index is 3.51. The van der Waals surface area contributed by atoms with E-state index in [0.717, 1.165) is 12.5 Å². The zero-order valence-corrected chi connectivity index (χ0v) is 12.3. The SMILES string of the molecule is CCOC(C)(C)CCCC(C)CCI. The number of hydrogen-bond acceptors (Lipinski definition) is 1. The number of hydrogen-bond donors (Lipinski definition) is 0. The molecule has 0 aromatic heterocycles. The lowest BCUT2D eigenvalue weighted by Gasteiger charge is -2.25. The van der Waals surface area contributed by atoms with Crippen LogP contribution in [0.3, 0.4) is 0 Å². The van der Waals surface area contributed by atoms with Crippen molar-refractivity contribution in [3.8, 4) is 0 Å². The van der Waals surface area contributed by atoms with Crippen molar-refractivity contribution in [3.05, 3.63) is 0 Å². The quantitative estimate of drug-likeness (QED) is 0.476. The first-order valence-electron chi connectivity index (χ1n) is 5.71. The van der Waals surface area contributed by atoms with Gasteiger partial charge in [0.15, 0.2) is 0 Å². The van der Waals surface area contributed by atoms with Gasteiger partial charge in [-0.1, -0.05) is 42.4 Å². The summed E-state index contributed by atoms with van der Waals surface area (Å²) in [6, 6.07) is 0. The summed E-state index contributed by atoms with van der Waals surface area (Å²) in [4.78, 5) is 0. The molecule has 0 radical (unpaired) electrons. The molecule has 0 bridgehead atoms. The average molecular weight is 312 g/mol. The molecule has 0 aliphatic carbocycles. The highest BCUT2D eigenvalue weighted by Gasteiger charge is 2.17. The number of halogens is 1. The third-order valence-corrected chi connectivity index (χ3v) is 3.24. The second kappa shape index (κ2) is 7.91. The fourth-order valence-electron chi connectivity index (χ4n) is 1.67. The van der Waals surface area contributed by atoms with E-state index in [2.05, 4.69) is 50.3 Å². The van der Waals surface area contributed by atoms with Crippen LogP contribution in [0.15, 0.2) is 0 Å². The van der Waals surface area contributed by atoms with E-state index in [1.807, 2.05) is 0 Å². The van der Waals surface area contributed by atoms with Gasteiger partial charge in [0.1, 0.15) is 0 Å². The van der Waals surface area contributed by atoms with Gasteiger partial charge in [-0.3, -0.25) is 0 Å². The molecule has 1 atom stereocenters. The molecule has 0 amide bonds. The Morgan fingerprint density at radius 3 is 2.43 bits per heavy atom. The summed E-state index contributed by atoms with van der Waals surface area (Å²) in [6.45, 7) is 9.64. The summed E-state index contributed by atoms with van der Waals surface area (Å²) in [5.41, 5.74) is 0.0821. The van der Waals surface area contributed by atoms with Crippen LogP contribution in [0.2, 0.25) is 0 Å². The Hall–Kier alpha value is 0.690. The van der Waals surface area contributed by atoms with Gasteiger partial charge in [0.2, 0.25) is 0 Å². The maximum atomic E-state index is 5.67. The van der Waals surface area contributed by atoms with Gasteiger partial charge < -0.3 is 4.74 Å². The molecule has 0 rings (SSSR count). The monoisotopic (exact) mass is 312 g/mol. The molecule has 0 saturated heterocycles. The Morgan fingerprint density at radius 2 is 1.93 bits per heavy atom. The third kappa shape index (κ3) is 8.04. The van der Waals surface area contributed by atoms with Crippen LogP contribution in [0.25, 0.3) is 0 Å². The lowest BCUT2D eigenvalue weighted by molar-refractivity contribution is -0.0182. The van der Waals surface area contributed by atoms with Gasteiger partial charge in [-0.25, -0.2) is 0 Å². The van der Waals surface area contributed by atoms with Gasteiger partial charge in [0.05, 0.1) is 5.60 Å². The van der Waals surface area contributed by atoms with Crippen LogP contribution in [-0.4, -0.2) is 16.6 Å². The minimum Gasteiger partial charge on any atom is -0.376 e. The Kier molecular flexibility index (Phi) is 8.30. The van der Waals surface area contributed by atoms with Crippen molar-refractivity contribution in [3.63, 3.8) is 0 Å². The van der Waals surface area contributed by atoms with E-state index in [9.17, 15) is 0 Å². The van der Waals surface area contributed by atoms with Crippen molar-refractivity contribution in [1.82, 2.24) is 0 Å². The maximum Gasteiger partial charge on any atom is 0.0626 e. The van der Waals surface area contributed by atoms with Crippen LogP contribution >= 0.6 is 22.6 Å². The van der Waals surface area contributed by atoms with Crippen molar-refractivity contribution in [1.29, 1.82) is 0 Å². The second-order valence-electron chi connectivity index (χ2n) is 4.67. The predicted octanol–water partition coefficient (Wildman–Crippen LogP) is 4.43. The van der Waals surface area contributed by atoms with Gasteiger partial charge in [0.25, 0.3) is 0 Å². The van der Waals surface area contributed by atoms with E-state index >= 15 is 0 Å². The zero-order chi connectivity index (χ0) is 11.0. The van der Waals surface area contributed by atoms with E-state index in [1.165, 1.54) is 30.1 Å². The van der Waals surface area contributed by atoms with E-state index in [1.54, 1.807) is 0 Å². The van der Waals surface area contributed by atoms with Gasteiger partial charge in [-0.15, -0.1) is 0 Å². The van der Waals surface area contributed by atoms with Gasteiger partial charge in [-0.2, -0.15) is 0 Å². The molecule has 1 unspecified atom stereocenters. The molecule has 1 nitrogen and oxygen atoms in total. The summed E-state index contributed by atoms with van der Waals surface area (Å²) in [5, 5.41) is 0. The van der Waals surface area contributed by atoms with E-state index in [0.29, 0.717) is 0 Å². The van der Waals surface area contributed by atoms with Gasteiger partial charge >= 0.3 is 0 Å². The topological polar surface area (TPSA) is 9.23 Å². The predicted molar refractivity (Wildman–Crippen MR) is 72.2 cm³/mol. The smallest absolute Gasteiger partial charge is 0.0626 e. The fourth-order valence-corrected chi connectivity index (χ4v) is 2.73. The van der Waals surface area contributed by atoms with Crippen molar-refractivity contribution in [2.45, 2.75) is 59.0 Å². The Labute approximate surface area is 103 Å². The molecule has 14 heavy (non-hydrogen) atoms. The standard InChI is InChI=1S/C12H25IO/c1-5-14-12(3,4)9-6-7-11(2)8-10-13/h11H,5-10H2,1-4H3. The highest BCUT2D eigenvalue weighted by Crippen LogP contribution is 2.21. The highest BCUT2D eigenvalue weighted by molar-refractivity contribution is 14.1. The molecule has 0 aliphatic rings. The molecule has 0 saturated carbocycles. The lowest BCUT2D eigenvalue weighted by Crippen LogP contribution is -2.24. The van der Waals surface area contributed by atoms with Crippen molar-refractivity contribution >= 4 is 22.6 Å². The minimum atomic E-state index is 0.0821. The first-order valence-corrected chi connectivity index (χ1v) is 7.24. The first-order chi connectivity index (χ1) is 6.52. The first kappa shape index (κ1) is 14.7. The van der Waals surface area contributed by atoms with Crippen molar-refractivity contribution < 1.29 is 4.74 Å². The largest absolute Gasteiger partial charge is 0.376 e. The van der Waals surface area contributed by atoms with Crippen LogP contribution in [0.1, 0.15) is 53.4 Å². The molecule has 0 heterocycles. The van der Waals surface area contributed by atoms with Crippen molar-refractivity contribution in [2.75, 3.05) is 11.0 Å². The Morgan fingerprint density at radius 1 is 1.29 bits per heavy atom. The maximum absolute atomic E-state index is 5.67. The molecule has 0 aromatic carbocycles. The summed E-state index contributed by atoms with van der Waals surface area (Å²) in [7, 11) is 0. The van der Waals surface area contributed by atoms with E-state index in [-0.39, 0.29) is 5.60 Å². The minimum absolute atomic E-state index is 0.0821. The molecule has 0 aromatic rings. The zero-order valence-electron chi connectivity index (χ0n) is 10.1. The number of alkyl halides is 1. The van der Waals surface area contributed by atoms with Crippen LogP contribution < -0.4 is 0 Å². The third-order valence-electron chi connectivity index (χ3n) is 2.61. The Bertz CT molecular complexity index is 134. The molecule has 0 aliphatic heterocycles. The molecule has 0 fully saturated rings. The van der Waals surface area contributed by atoms with Crippen LogP contribution in [0.5, 0.6) is 0 Å². The summed E-state index contributed by atoms with van der Waals surface area (Å²) in [5.74, 6) is 0.879. The highest BCUT2D eigenvalue weighted by atomic mass is 127. The van der Waals surface area contributed by atoms with E-state index < -0.39 is 0 Å². The summed E-state index contributed by atoms with van der Waals surface area (Å²) >= 11 is 2.46. The van der Waals surface area contributed by atoms with Crippen LogP contribution in [-0.2, 0) is 4.74 Å². The lowest BCUT2D eigenvalue weighted by atomic mass is 9.95. The molecular weight excluding hydrogens is 287 g/mol. The van der Waals surface area contributed by atoms with Crippen molar-refractivity contribution in [2.24, 2.45) is 5.92 Å². The molecule has 86 valence electrons. The van der Waals surface area contributed by atoms with Crippen LogP contribution in [0, 0.1) is 5.92 Å². The number of rotatable bonds is 8. The molecule has 2 heteroatoms. The van der Waals surface area contributed by atoms with Crippen LogP contribution in [0.4, 0.5) is 0 Å². The molecule has 0 N–H and O–H groups in total.